The van der Waals surface area contributed by atoms with Crippen LogP contribution in [0.15, 0.2) is 55.1 Å². The molecule has 1 saturated carbocycles. The van der Waals surface area contributed by atoms with Crippen LogP contribution in [0.3, 0.4) is 0 Å². The summed E-state index contributed by atoms with van der Waals surface area (Å²) in [5, 5.41) is 7.39. The van der Waals surface area contributed by atoms with Gasteiger partial charge in [0.15, 0.2) is 0 Å². The van der Waals surface area contributed by atoms with Gasteiger partial charge in [-0.25, -0.2) is 9.67 Å². The summed E-state index contributed by atoms with van der Waals surface area (Å²) in [5.74, 6) is -0.292. The van der Waals surface area contributed by atoms with Gasteiger partial charge in [-0.3, -0.25) is 9.69 Å². The number of amides is 1. The minimum atomic E-state index is -4.41. The first-order valence-corrected chi connectivity index (χ1v) is 10.5. The van der Waals surface area contributed by atoms with E-state index in [1.165, 1.54) is 23.4 Å². The molecule has 1 aliphatic carbocycles. The molecular weight excluding hydrogens is 443 g/mol. The molecule has 1 fully saturated rings. The van der Waals surface area contributed by atoms with Gasteiger partial charge in [0.2, 0.25) is 5.91 Å². The zero-order valence-electron chi connectivity index (χ0n) is 17.2. The molecule has 0 spiro atoms. The second-order valence-electron chi connectivity index (χ2n) is 7.75. The minimum absolute atomic E-state index is 0.0331. The van der Waals surface area contributed by atoms with Crippen LogP contribution in [-0.2, 0) is 11.0 Å². The fourth-order valence-electron chi connectivity index (χ4n) is 3.65. The van der Waals surface area contributed by atoms with Crippen LogP contribution in [-0.4, -0.2) is 38.2 Å². The van der Waals surface area contributed by atoms with E-state index < -0.39 is 11.7 Å². The third-order valence-corrected chi connectivity index (χ3v) is 5.67. The predicted molar refractivity (Wildman–Crippen MR) is 115 cm³/mol. The highest BCUT2D eigenvalue weighted by molar-refractivity contribution is 6.31. The lowest BCUT2D eigenvalue weighted by molar-refractivity contribution is -0.137. The maximum absolute atomic E-state index is 13.1. The quantitative estimate of drug-likeness (QED) is 0.529. The molecule has 1 heterocycles. The molecular formula is C22H21ClF3N5O. The number of aromatic nitrogens is 3. The van der Waals surface area contributed by atoms with Gasteiger partial charge in [-0.2, -0.15) is 18.3 Å². The summed E-state index contributed by atoms with van der Waals surface area (Å²) in [6.45, 7) is 1.85. The Balaban J connectivity index is 1.53. The van der Waals surface area contributed by atoms with Crippen LogP contribution in [0.4, 0.5) is 18.9 Å². The summed E-state index contributed by atoms with van der Waals surface area (Å²) in [7, 11) is 0. The molecule has 2 aromatic carbocycles. The lowest BCUT2D eigenvalue weighted by Gasteiger charge is -2.29. The number of rotatable bonds is 7. The Labute approximate surface area is 188 Å². The highest BCUT2D eigenvalue weighted by Gasteiger charge is 2.35. The van der Waals surface area contributed by atoms with Gasteiger partial charge in [0, 0.05) is 17.1 Å². The van der Waals surface area contributed by atoms with Crippen molar-refractivity contribution in [2.24, 2.45) is 0 Å². The number of nitrogens with zero attached hydrogens (tertiary/aromatic N) is 4. The first kappa shape index (κ1) is 22.3. The van der Waals surface area contributed by atoms with Crippen molar-refractivity contribution in [3.8, 4) is 5.69 Å². The van der Waals surface area contributed by atoms with Crippen LogP contribution in [0.5, 0.6) is 0 Å². The zero-order valence-corrected chi connectivity index (χ0v) is 17.9. The first-order chi connectivity index (χ1) is 15.2. The number of nitrogens with one attached hydrogen (secondary N) is 1. The average Bonchev–Trinajstić information content (AvgIpc) is 3.45. The lowest BCUT2D eigenvalue weighted by Crippen LogP contribution is -2.37. The van der Waals surface area contributed by atoms with Crippen molar-refractivity contribution < 1.29 is 18.0 Å². The average molecular weight is 464 g/mol. The van der Waals surface area contributed by atoms with Gasteiger partial charge in [-0.05, 0) is 55.7 Å². The second kappa shape index (κ2) is 8.91. The summed E-state index contributed by atoms with van der Waals surface area (Å²) in [4.78, 5) is 18.8. The van der Waals surface area contributed by atoms with Crippen molar-refractivity contribution in [3.05, 3.63) is 71.3 Å². The monoisotopic (exact) mass is 463 g/mol. The van der Waals surface area contributed by atoms with Gasteiger partial charge in [0.25, 0.3) is 0 Å². The van der Waals surface area contributed by atoms with Gasteiger partial charge in [0.1, 0.15) is 12.7 Å². The molecule has 168 valence electrons. The molecule has 0 aliphatic heterocycles. The number of carbonyl (C=O) groups is 1. The van der Waals surface area contributed by atoms with Crippen LogP contribution in [0, 0.1) is 0 Å². The SMILES string of the molecule is C[C@@H](c1cccc(C(F)(F)F)c1)N(CC(=O)Nc1cc(Cl)ccc1-n1cncn1)C1CC1. The normalized spacial score (nSPS) is 15.1. The van der Waals surface area contributed by atoms with E-state index in [0.29, 0.717) is 22.0 Å². The second-order valence-corrected chi connectivity index (χ2v) is 8.19. The highest BCUT2D eigenvalue weighted by atomic mass is 35.5. The van der Waals surface area contributed by atoms with Gasteiger partial charge >= 0.3 is 6.18 Å². The standard InChI is InChI=1S/C22H21ClF3N5O/c1-14(15-3-2-4-16(9-15)22(24,25)26)30(18-6-7-18)11-21(32)29-19-10-17(23)5-8-20(19)31-13-27-12-28-31/h2-5,8-10,12-14,18H,6-7,11H2,1H3,(H,29,32)/t14-/m0/s1. The van der Waals surface area contributed by atoms with Crippen molar-refractivity contribution >= 4 is 23.2 Å². The molecule has 1 aromatic heterocycles. The maximum atomic E-state index is 13.1. The third kappa shape index (κ3) is 5.11. The van der Waals surface area contributed by atoms with E-state index in [2.05, 4.69) is 15.4 Å². The fraction of sp³-hybridized carbons (Fsp3) is 0.318. The van der Waals surface area contributed by atoms with Crippen LogP contribution in [0.1, 0.15) is 36.9 Å². The molecule has 6 nitrogen and oxygen atoms in total. The van der Waals surface area contributed by atoms with Crippen molar-refractivity contribution in [2.75, 3.05) is 11.9 Å². The third-order valence-electron chi connectivity index (χ3n) is 5.43. The van der Waals surface area contributed by atoms with Gasteiger partial charge in [-0.15, -0.1) is 0 Å². The topological polar surface area (TPSA) is 63.1 Å². The molecule has 0 unspecified atom stereocenters. The van der Waals surface area contributed by atoms with E-state index in [0.717, 1.165) is 25.0 Å². The maximum Gasteiger partial charge on any atom is 0.416 e. The number of carbonyl (C=O) groups excluding carboxylic acids is 1. The number of benzene rings is 2. The zero-order chi connectivity index (χ0) is 22.9. The van der Waals surface area contributed by atoms with Crippen LogP contribution in [0.25, 0.3) is 5.69 Å². The number of hydrogen-bond donors (Lipinski definition) is 1. The van der Waals surface area contributed by atoms with E-state index in [1.54, 1.807) is 24.3 Å². The number of hydrogen-bond acceptors (Lipinski definition) is 4. The van der Waals surface area contributed by atoms with E-state index in [9.17, 15) is 18.0 Å². The Morgan fingerprint density at radius 1 is 1.28 bits per heavy atom. The van der Waals surface area contributed by atoms with Crippen LogP contribution in [0.2, 0.25) is 5.02 Å². The molecule has 0 bridgehead atoms. The highest BCUT2D eigenvalue weighted by Crippen LogP contribution is 2.36. The molecule has 1 aliphatic rings. The minimum Gasteiger partial charge on any atom is -0.323 e. The van der Waals surface area contributed by atoms with E-state index in [4.69, 9.17) is 11.6 Å². The summed E-state index contributed by atoms with van der Waals surface area (Å²) in [6.07, 6.45) is 0.272. The Bertz CT molecular complexity index is 1100. The Hall–Kier alpha value is -2.91. The molecule has 1 N–H and O–H groups in total. The van der Waals surface area contributed by atoms with Gasteiger partial charge < -0.3 is 5.32 Å². The molecule has 1 amide bonds. The summed E-state index contributed by atoms with van der Waals surface area (Å²) < 4.78 is 40.9. The molecule has 32 heavy (non-hydrogen) atoms. The van der Waals surface area contributed by atoms with Crippen molar-refractivity contribution in [1.29, 1.82) is 0 Å². The predicted octanol–water partition coefficient (Wildman–Crippen LogP) is 5.10. The Morgan fingerprint density at radius 3 is 2.72 bits per heavy atom. The van der Waals surface area contributed by atoms with E-state index in [1.807, 2.05) is 11.8 Å². The first-order valence-electron chi connectivity index (χ1n) is 10.1. The van der Waals surface area contributed by atoms with E-state index >= 15 is 0 Å². The largest absolute Gasteiger partial charge is 0.416 e. The summed E-state index contributed by atoms with van der Waals surface area (Å²) >= 11 is 6.11. The number of alkyl halides is 3. The fourth-order valence-corrected chi connectivity index (χ4v) is 3.82. The summed E-state index contributed by atoms with van der Waals surface area (Å²) in [5.41, 5.74) is 0.892. The van der Waals surface area contributed by atoms with Crippen molar-refractivity contribution in [2.45, 2.75) is 38.0 Å². The molecule has 0 saturated heterocycles. The van der Waals surface area contributed by atoms with E-state index in [-0.39, 0.29) is 24.5 Å². The van der Waals surface area contributed by atoms with Gasteiger partial charge in [-0.1, -0.05) is 23.7 Å². The molecule has 0 radical (unpaired) electrons. The molecule has 1 atom stereocenters. The van der Waals surface area contributed by atoms with Crippen molar-refractivity contribution in [3.63, 3.8) is 0 Å². The van der Waals surface area contributed by atoms with Gasteiger partial charge in [0.05, 0.1) is 23.5 Å². The number of halogens is 4. The van der Waals surface area contributed by atoms with Crippen molar-refractivity contribution in [1.82, 2.24) is 19.7 Å². The number of anilines is 1. The van der Waals surface area contributed by atoms with Crippen LogP contribution < -0.4 is 5.32 Å². The molecule has 10 heteroatoms. The molecule has 3 aromatic rings. The molecule has 4 rings (SSSR count). The van der Waals surface area contributed by atoms with Crippen LogP contribution >= 0.6 is 11.6 Å². The smallest absolute Gasteiger partial charge is 0.323 e. The Kier molecular flexibility index (Phi) is 6.21. The Morgan fingerprint density at radius 2 is 2.06 bits per heavy atom. The lowest BCUT2D eigenvalue weighted by atomic mass is 10.0. The summed E-state index contributed by atoms with van der Waals surface area (Å²) in [6, 6.07) is 10.1.